The topological polar surface area (TPSA) is 78.9 Å². The van der Waals surface area contributed by atoms with E-state index in [1.165, 1.54) is 128 Å². The van der Waals surface area contributed by atoms with Gasteiger partial charge in [-0.05, 0) is 96.3 Å². The van der Waals surface area contributed by atoms with Gasteiger partial charge in [0.1, 0.15) is 13.2 Å². The maximum Gasteiger partial charge on any atom is 0.306 e. The Hall–Kier alpha value is -3.41. The molecule has 0 spiro atoms. The summed E-state index contributed by atoms with van der Waals surface area (Å²) in [4.78, 5) is 38.2. The van der Waals surface area contributed by atoms with Crippen molar-refractivity contribution in [3.05, 3.63) is 85.1 Å². The Bertz CT molecular complexity index is 1330. The van der Waals surface area contributed by atoms with E-state index in [-0.39, 0.29) is 37.5 Å². The van der Waals surface area contributed by atoms with Gasteiger partial charge in [-0.2, -0.15) is 0 Å². The number of carbonyl (C=O) groups excluding carboxylic acids is 3. The molecule has 0 radical (unpaired) electrons. The lowest BCUT2D eigenvalue weighted by molar-refractivity contribution is -0.167. The Labute approximate surface area is 426 Å². The highest BCUT2D eigenvalue weighted by atomic mass is 16.6. The average Bonchev–Trinajstić information content (AvgIpc) is 3.35. The Balaban J connectivity index is 4.44. The third-order valence-electron chi connectivity index (χ3n) is 12.4. The van der Waals surface area contributed by atoms with Gasteiger partial charge in [0.25, 0.3) is 0 Å². The molecule has 1 atom stereocenters. The molecule has 6 heteroatoms. The summed E-state index contributed by atoms with van der Waals surface area (Å²) in [5.41, 5.74) is 0. The Kier molecular flexibility index (Phi) is 54.3. The van der Waals surface area contributed by atoms with Crippen LogP contribution in [0.1, 0.15) is 278 Å². The summed E-state index contributed by atoms with van der Waals surface area (Å²) in [6.07, 6.45) is 74.3. The van der Waals surface area contributed by atoms with Crippen LogP contribution in [-0.2, 0) is 28.6 Å². The predicted molar refractivity (Wildman–Crippen MR) is 297 cm³/mol. The first-order valence-electron chi connectivity index (χ1n) is 29.1. The van der Waals surface area contributed by atoms with Crippen LogP contribution >= 0.6 is 0 Å². The molecule has 6 nitrogen and oxygen atoms in total. The molecule has 0 aliphatic rings. The highest BCUT2D eigenvalue weighted by Crippen LogP contribution is 2.16. The van der Waals surface area contributed by atoms with E-state index in [0.29, 0.717) is 19.3 Å². The third-order valence-corrected chi connectivity index (χ3v) is 12.4. The number of esters is 3. The molecule has 0 saturated carbocycles. The standard InChI is InChI=1S/C63H108O6/c1-4-7-10-13-16-19-22-25-28-30-31-33-36-38-41-44-47-50-53-56-62(65)68-59-60(69-63(66)57-54-51-48-45-42-39-34-27-24-21-18-15-12-9-6-3)58-67-61(64)55-52-49-46-43-40-37-35-32-29-26-23-20-17-14-11-8-5-2/h8,11,17-18,20-21,26-27,29,34-35,37,42,45,60H,4-7,9-10,12-16,19,22-25,28,30-33,36,38-41,43-44,46-59H2,1-3H3/b11-8-,20-17-,21-18-,29-26-,34-27-,37-35-,45-42-/t60-/m1/s1. The number of ether oxygens (including phenoxy) is 3. The smallest absolute Gasteiger partial charge is 0.306 e. The monoisotopic (exact) mass is 961 g/mol. The van der Waals surface area contributed by atoms with Crippen molar-refractivity contribution in [1.82, 2.24) is 0 Å². The molecule has 69 heavy (non-hydrogen) atoms. The molecule has 0 aromatic heterocycles. The molecule has 0 aromatic carbocycles. The highest BCUT2D eigenvalue weighted by Gasteiger charge is 2.19. The lowest BCUT2D eigenvalue weighted by Crippen LogP contribution is -2.30. The van der Waals surface area contributed by atoms with Gasteiger partial charge in [-0.1, -0.05) is 247 Å². The van der Waals surface area contributed by atoms with E-state index in [1.807, 2.05) is 0 Å². The van der Waals surface area contributed by atoms with Crippen LogP contribution < -0.4 is 0 Å². The van der Waals surface area contributed by atoms with Crippen molar-refractivity contribution in [1.29, 1.82) is 0 Å². The fourth-order valence-electron chi connectivity index (χ4n) is 8.03. The van der Waals surface area contributed by atoms with Crippen LogP contribution in [0.15, 0.2) is 85.1 Å². The second-order valence-electron chi connectivity index (χ2n) is 19.2. The van der Waals surface area contributed by atoms with Crippen LogP contribution in [0.5, 0.6) is 0 Å². The summed E-state index contributed by atoms with van der Waals surface area (Å²) in [6.45, 7) is 6.47. The van der Waals surface area contributed by atoms with E-state index < -0.39 is 6.10 Å². The van der Waals surface area contributed by atoms with Crippen molar-refractivity contribution in [2.45, 2.75) is 284 Å². The molecule has 0 amide bonds. The second kappa shape index (κ2) is 57.2. The minimum atomic E-state index is -0.806. The number of rotatable bonds is 52. The minimum absolute atomic E-state index is 0.0980. The summed E-state index contributed by atoms with van der Waals surface area (Å²) in [6, 6.07) is 0. The van der Waals surface area contributed by atoms with Gasteiger partial charge in [-0.15, -0.1) is 0 Å². The molecule has 0 aromatic rings. The van der Waals surface area contributed by atoms with Crippen molar-refractivity contribution in [3.63, 3.8) is 0 Å². The number of unbranched alkanes of at least 4 members (excludes halogenated alkanes) is 27. The SMILES string of the molecule is CC/C=C\C/C=C\C/C=C\C/C=C\CCCCCCC(=O)OC[C@H](COC(=O)CCCCCCCCCCCCCCCCCCCCC)OC(=O)CCCC/C=C\C/C=C\C/C=C\CCCCC. The van der Waals surface area contributed by atoms with Gasteiger partial charge in [0, 0.05) is 19.3 Å². The van der Waals surface area contributed by atoms with Gasteiger partial charge in [0.05, 0.1) is 0 Å². The van der Waals surface area contributed by atoms with Crippen LogP contribution in [0.4, 0.5) is 0 Å². The molecule has 0 fully saturated rings. The summed E-state index contributed by atoms with van der Waals surface area (Å²) < 4.78 is 16.8. The van der Waals surface area contributed by atoms with E-state index in [0.717, 1.165) is 103 Å². The predicted octanol–water partition coefficient (Wildman–Crippen LogP) is 19.5. The molecule has 0 N–H and O–H groups in total. The minimum Gasteiger partial charge on any atom is -0.462 e. The Morgan fingerprint density at radius 2 is 0.565 bits per heavy atom. The van der Waals surface area contributed by atoms with Gasteiger partial charge in [0.15, 0.2) is 6.10 Å². The zero-order valence-corrected chi connectivity index (χ0v) is 45.3. The van der Waals surface area contributed by atoms with Crippen LogP contribution in [0.3, 0.4) is 0 Å². The first-order valence-corrected chi connectivity index (χ1v) is 29.1. The molecule has 0 rings (SSSR count). The fourth-order valence-corrected chi connectivity index (χ4v) is 8.03. The van der Waals surface area contributed by atoms with Crippen LogP contribution in [-0.4, -0.2) is 37.2 Å². The first kappa shape index (κ1) is 65.6. The molecule has 0 bridgehead atoms. The average molecular weight is 962 g/mol. The molecule has 0 unspecified atom stereocenters. The van der Waals surface area contributed by atoms with Gasteiger partial charge in [-0.3, -0.25) is 14.4 Å². The quantitative estimate of drug-likeness (QED) is 0.0262. The largest absolute Gasteiger partial charge is 0.462 e. The third kappa shape index (κ3) is 55.4. The zero-order chi connectivity index (χ0) is 50.0. The Morgan fingerprint density at radius 3 is 0.942 bits per heavy atom. The molecular formula is C63H108O6. The molecule has 0 heterocycles. The second-order valence-corrected chi connectivity index (χ2v) is 19.2. The maximum atomic E-state index is 12.8. The van der Waals surface area contributed by atoms with Gasteiger partial charge in [0.2, 0.25) is 0 Å². The van der Waals surface area contributed by atoms with Crippen molar-refractivity contribution >= 4 is 17.9 Å². The molecule has 0 aliphatic heterocycles. The van der Waals surface area contributed by atoms with Crippen molar-refractivity contribution < 1.29 is 28.6 Å². The number of allylic oxidation sites excluding steroid dienone is 14. The van der Waals surface area contributed by atoms with Crippen molar-refractivity contribution in [2.75, 3.05) is 13.2 Å². The van der Waals surface area contributed by atoms with Crippen molar-refractivity contribution in [2.24, 2.45) is 0 Å². The highest BCUT2D eigenvalue weighted by molar-refractivity contribution is 5.71. The van der Waals surface area contributed by atoms with Crippen molar-refractivity contribution in [3.8, 4) is 0 Å². The fraction of sp³-hybridized carbons (Fsp3) is 0.730. The number of hydrogen-bond acceptors (Lipinski definition) is 6. The van der Waals surface area contributed by atoms with Crippen LogP contribution in [0, 0.1) is 0 Å². The zero-order valence-electron chi connectivity index (χ0n) is 45.3. The summed E-state index contributed by atoms with van der Waals surface area (Å²) >= 11 is 0. The van der Waals surface area contributed by atoms with Gasteiger partial charge >= 0.3 is 17.9 Å². The van der Waals surface area contributed by atoms with E-state index in [4.69, 9.17) is 14.2 Å². The van der Waals surface area contributed by atoms with E-state index in [1.54, 1.807) is 0 Å². The summed E-state index contributed by atoms with van der Waals surface area (Å²) in [5.74, 6) is -0.954. The molecule has 0 aliphatic carbocycles. The Morgan fingerprint density at radius 1 is 0.304 bits per heavy atom. The lowest BCUT2D eigenvalue weighted by atomic mass is 10.0. The van der Waals surface area contributed by atoms with Crippen LogP contribution in [0.2, 0.25) is 0 Å². The van der Waals surface area contributed by atoms with E-state index in [2.05, 4.69) is 106 Å². The lowest BCUT2D eigenvalue weighted by Gasteiger charge is -2.18. The normalized spacial score (nSPS) is 12.7. The number of carbonyl (C=O) groups is 3. The summed E-state index contributed by atoms with van der Waals surface area (Å²) in [5, 5.41) is 0. The van der Waals surface area contributed by atoms with E-state index >= 15 is 0 Å². The molecular weight excluding hydrogens is 853 g/mol. The molecule has 396 valence electrons. The van der Waals surface area contributed by atoms with E-state index in [9.17, 15) is 14.4 Å². The number of hydrogen-bond donors (Lipinski definition) is 0. The maximum absolute atomic E-state index is 12.8. The van der Waals surface area contributed by atoms with Gasteiger partial charge < -0.3 is 14.2 Å². The van der Waals surface area contributed by atoms with Crippen LogP contribution in [0.25, 0.3) is 0 Å². The first-order chi connectivity index (χ1) is 34.0. The van der Waals surface area contributed by atoms with Gasteiger partial charge in [-0.25, -0.2) is 0 Å². The summed E-state index contributed by atoms with van der Waals surface area (Å²) in [7, 11) is 0. The molecule has 0 saturated heterocycles.